The van der Waals surface area contributed by atoms with Crippen molar-refractivity contribution in [3.63, 3.8) is 0 Å². The highest BCUT2D eigenvalue weighted by Crippen LogP contribution is 2.41. The molecule has 1 aromatic carbocycles. The van der Waals surface area contributed by atoms with Crippen molar-refractivity contribution in [1.29, 1.82) is 0 Å². The Hall–Kier alpha value is -1.85. The average Bonchev–Trinajstić information content (AvgIpc) is 2.91. The molecule has 24 heavy (non-hydrogen) atoms. The predicted molar refractivity (Wildman–Crippen MR) is 103 cm³/mol. The van der Waals surface area contributed by atoms with Crippen LogP contribution in [0.1, 0.15) is 28.5 Å². The van der Waals surface area contributed by atoms with Crippen molar-refractivity contribution in [1.82, 2.24) is 5.01 Å². The normalized spacial score (nSPS) is 19.6. The van der Waals surface area contributed by atoms with Crippen LogP contribution in [0.15, 0.2) is 34.4 Å². The zero-order chi connectivity index (χ0) is 17.0. The Morgan fingerprint density at radius 2 is 1.88 bits per heavy atom. The fraction of sp³-hybridized carbons (Fsp3) is 0.333. The van der Waals surface area contributed by atoms with Crippen molar-refractivity contribution < 1.29 is 0 Å². The zero-order valence-electron chi connectivity index (χ0n) is 14.2. The molecule has 0 aliphatic carbocycles. The Kier molecular flexibility index (Phi) is 3.66. The Bertz CT molecular complexity index is 866. The molecule has 1 atom stereocenters. The molecule has 124 valence electrons. The Balaban J connectivity index is 1.93. The second kappa shape index (κ2) is 5.60. The Labute approximate surface area is 151 Å². The van der Waals surface area contributed by atoms with Crippen LogP contribution in [0.5, 0.6) is 0 Å². The molecular formula is C18H19ClN4S. The molecule has 2 aliphatic heterocycles. The lowest BCUT2D eigenvalue weighted by Crippen LogP contribution is -2.41. The molecule has 4 nitrogen and oxygen atoms in total. The van der Waals surface area contributed by atoms with E-state index in [1.807, 2.05) is 35.5 Å². The summed E-state index contributed by atoms with van der Waals surface area (Å²) in [5.74, 6) is 1.03. The van der Waals surface area contributed by atoms with Crippen molar-refractivity contribution in [2.75, 3.05) is 18.5 Å². The third-order valence-corrected chi connectivity index (χ3v) is 6.19. The van der Waals surface area contributed by atoms with Gasteiger partial charge in [0.05, 0.1) is 12.3 Å². The number of halogens is 1. The second-order valence-corrected chi connectivity index (χ2v) is 7.87. The van der Waals surface area contributed by atoms with E-state index in [1.165, 1.54) is 21.0 Å². The van der Waals surface area contributed by atoms with Crippen LogP contribution in [-0.4, -0.2) is 36.3 Å². The summed E-state index contributed by atoms with van der Waals surface area (Å²) in [7, 11) is 2.02. The number of hydrogen-bond acceptors (Lipinski definition) is 5. The number of hydrazone groups is 1. The third kappa shape index (κ3) is 2.26. The van der Waals surface area contributed by atoms with Crippen LogP contribution >= 0.6 is 22.9 Å². The Morgan fingerprint density at radius 1 is 1.17 bits per heavy atom. The van der Waals surface area contributed by atoms with Crippen molar-refractivity contribution in [3.8, 4) is 0 Å². The average molecular weight is 359 g/mol. The summed E-state index contributed by atoms with van der Waals surface area (Å²) in [6, 6.07) is 7.97. The van der Waals surface area contributed by atoms with Crippen molar-refractivity contribution in [2.24, 2.45) is 10.1 Å². The van der Waals surface area contributed by atoms with Gasteiger partial charge in [0, 0.05) is 28.1 Å². The van der Waals surface area contributed by atoms with Crippen LogP contribution in [0, 0.1) is 13.8 Å². The van der Waals surface area contributed by atoms with E-state index in [1.54, 1.807) is 0 Å². The number of aryl methyl sites for hydroxylation is 1. The van der Waals surface area contributed by atoms with Gasteiger partial charge in [0.15, 0.2) is 0 Å². The molecular weight excluding hydrogens is 340 g/mol. The largest absolute Gasteiger partial charge is 0.295 e. The number of aliphatic imine (C=N–C) groups is 1. The number of benzene rings is 1. The summed E-state index contributed by atoms with van der Waals surface area (Å²) in [5.41, 5.74) is 4.69. The number of fused-ring (bicyclic) bond motifs is 3. The van der Waals surface area contributed by atoms with Gasteiger partial charge < -0.3 is 0 Å². The minimum atomic E-state index is 0.144. The quantitative estimate of drug-likeness (QED) is 0.761. The smallest absolute Gasteiger partial charge is 0.143 e. The van der Waals surface area contributed by atoms with Gasteiger partial charge >= 0.3 is 0 Å². The number of thiophene rings is 1. The lowest BCUT2D eigenvalue weighted by atomic mass is 10.00. The highest BCUT2D eigenvalue weighted by Gasteiger charge is 2.37. The number of rotatable bonds is 1. The lowest BCUT2D eigenvalue weighted by Gasteiger charge is -2.26. The summed E-state index contributed by atoms with van der Waals surface area (Å²) in [6.45, 7) is 7.12. The molecule has 1 unspecified atom stereocenters. The van der Waals surface area contributed by atoms with Crippen LogP contribution in [-0.2, 0) is 0 Å². The summed E-state index contributed by atoms with van der Waals surface area (Å²) < 4.78 is 0. The predicted octanol–water partition coefficient (Wildman–Crippen LogP) is 4.28. The first-order valence-corrected chi connectivity index (χ1v) is 9.15. The van der Waals surface area contributed by atoms with E-state index >= 15 is 0 Å². The lowest BCUT2D eigenvalue weighted by molar-refractivity contribution is 0.293. The van der Waals surface area contributed by atoms with Gasteiger partial charge in [-0.25, -0.2) is 0 Å². The maximum Gasteiger partial charge on any atom is 0.143 e. The molecule has 0 radical (unpaired) electrons. The molecule has 0 spiro atoms. The zero-order valence-corrected chi connectivity index (χ0v) is 15.7. The Morgan fingerprint density at radius 3 is 2.58 bits per heavy atom. The van der Waals surface area contributed by atoms with Gasteiger partial charge in [-0.15, -0.1) is 11.3 Å². The number of amidine groups is 1. The van der Waals surface area contributed by atoms with Gasteiger partial charge in [-0.2, -0.15) is 5.10 Å². The summed E-state index contributed by atoms with van der Waals surface area (Å²) in [4.78, 5) is 8.64. The number of anilines is 1. The molecule has 3 heterocycles. The van der Waals surface area contributed by atoms with Crippen LogP contribution in [0.25, 0.3) is 0 Å². The molecule has 0 bridgehead atoms. The van der Waals surface area contributed by atoms with Gasteiger partial charge in [-0.05, 0) is 38.5 Å². The molecule has 0 amide bonds. The fourth-order valence-corrected chi connectivity index (χ4v) is 4.74. The van der Waals surface area contributed by atoms with Gasteiger partial charge in [0.25, 0.3) is 0 Å². The molecule has 1 aromatic heterocycles. The first kappa shape index (κ1) is 15.7. The maximum absolute atomic E-state index is 6.07. The standard InChI is InChI=1S/C18H19ClN4S/c1-10-11(2)24-18-16(10)17(13-5-7-14(19)8-6-13)20-9-15-22(4)21-12(3)23(15)18/h5-8,15H,9H2,1-4H3. The maximum atomic E-state index is 6.07. The topological polar surface area (TPSA) is 31.2 Å². The number of likely N-dealkylation sites (N-methyl/N-ethyl adjacent to an activating group) is 1. The van der Waals surface area contributed by atoms with Crippen molar-refractivity contribution >= 4 is 39.5 Å². The molecule has 0 saturated heterocycles. The van der Waals surface area contributed by atoms with E-state index in [9.17, 15) is 0 Å². The SMILES string of the molecule is CC1=NN(C)C2CN=C(c3ccc(Cl)cc3)c3c(sc(C)c3C)N12. The molecule has 0 fully saturated rings. The highest BCUT2D eigenvalue weighted by atomic mass is 35.5. The van der Waals surface area contributed by atoms with Crippen molar-refractivity contribution in [2.45, 2.75) is 26.9 Å². The van der Waals surface area contributed by atoms with Crippen molar-refractivity contribution in [3.05, 3.63) is 50.9 Å². The molecule has 0 N–H and O–H groups in total. The first-order valence-electron chi connectivity index (χ1n) is 7.95. The van der Waals surface area contributed by atoms with Crippen LogP contribution in [0.3, 0.4) is 0 Å². The van der Waals surface area contributed by atoms with E-state index < -0.39 is 0 Å². The van der Waals surface area contributed by atoms with E-state index in [4.69, 9.17) is 16.6 Å². The van der Waals surface area contributed by atoms with Crippen LogP contribution in [0.4, 0.5) is 5.00 Å². The molecule has 2 aliphatic rings. The van der Waals surface area contributed by atoms with Gasteiger partial charge in [-0.1, -0.05) is 23.7 Å². The fourth-order valence-electron chi connectivity index (χ4n) is 3.36. The van der Waals surface area contributed by atoms with Gasteiger partial charge in [0.2, 0.25) is 0 Å². The molecule has 0 saturated carbocycles. The third-order valence-electron chi connectivity index (χ3n) is 4.73. The monoisotopic (exact) mass is 358 g/mol. The second-order valence-electron chi connectivity index (χ2n) is 6.23. The summed E-state index contributed by atoms with van der Waals surface area (Å²) in [5, 5.41) is 8.62. The molecule has 6 heteroatoms. The minimum absolute atomic E-state index is 0.144. The molecule has 2 aromatic rings. The van der Waals surface area contributed by atoms with E-state index in [0.717, 1.165) is 22.1 Å². The highest BCUT2D eigenvalue weighted by molar-refractivity contribution is 7.17. The number of nitrogens with zero attached hydrogens (tertiary/aromatic N) is 4. The van der Waals surface area contributed by atoms with Crippen LogP contribution in [0.2, 0.25) is 5.02 Å². The first-order chi connectivity index (χ1) is 11.5. The van der Waals surface area contributed by atoms with E-state index in [2.05, 4.69) is 42.9 Å². The molecule has 4 rings (SSSR count). The van der Waals surface area contributed by atoms with E-state index in [0.29, 0.717) is 6.54 Å². The summed E-state index contributed by atoms with van der Waals surface area (Å²) in [6.07, 6.45) is 0.144. The number of hydrogen-bond donors (Lipinski definition) is 0. The minimum Gasteiger partial charge on any atom is -0.295 e. The van der Waals surface area contributed by atoms with Gasteiger partial charge in [0.1, 0.15) is 17.0 Å². The van der Waals surface area contributed by atoms with E-state index in [-0.39, 0.29) is 6.17 Å². The van der Waals surface area contributed by atoms with Crippen LogP contribution < -0.4 is 4.90 Å². The van der Waals surface area contributed by atoms with Gasteiger partial charge in [-0.3, -0.25) is 14.9 Å². The summed E-state index contributed by atoms with van der Waals surface area (Å²) >= 11 is 7.89.